The van der Waals surface area contributed by atoms with Crippen molar-refractivity contribution >= 4 is 55.2 Å². The molecule has 6 aromatic rings. The minimum atomic E-state index is 1.20. The molecule has 6 rings (SSSR count). The van der Waals surface area contributed by atoms with Crippen LogP contribution in [0, 0.1) is 0 Å². The molecule has 0 spiro atoms. The Balaban J connectivity index is 1.73. The molecule has 28 heavy (non-hydrogen) atoms. The molecule has 1 aromatic heterocycles. The molecule has 0 bridgehead atoms. The van der Waals surface area contributed by atoms with Crippen molar-refractivity contribution in [2.45, 2.75) is 0 Å². The van der Waals surface area contributed by atoms with Crippen LogP contribution >= 0.6 is 0 Å². The highest BCUT2D eigenvalue weighted by atomic mass is 14.9. The number of benzene rings is 5. The van der Waals surface area contributed by atoms with Crippen LogP contribution in [0.3, 0.4) is 0 Å². The van der Waals surface area contributed by atoms with Crippen molar-refractivity contribution in [1.82, 2.24) is 4.57 Å². The molecule has 1 nitrogen and oxygen atoms in total. The molecule has 0 aliphatic carbocycles. The standard InChI is InChI=1S/C27H19N/c1-28-17-5-8-20(28)15-13-18-14-16-25-23-11-3-7-19-6-2-10-22(26(19)23)24-12-4-9-21(18)27(24)25/h2-17H,1H3/b15-13+. The molecular formula is C27H19N. The van der Waals surface area contributed by atoms with E-state index >= 15 is 0 Å². The monoisotopic (exact) mass is 357 g/mol. The zero-order chi connectivity index (χ0) is 18.7. The van der Waals surface area contributed by atoms with E-state index in [4.69, 9.17) is 0 Å². The molecule has 0 radical (unpaired) electrons. The first kappa shape index (κ1) is 15.5. The Morgan fingerprint density at radius 1 is 0.571 bits per heavy atom. The summed E-state index contributed by atoms with van der Waals surface area (Å²) in [7, 11) is 2.08. The largest absolute Gasteiger partial charge is 0.351 e. The molecule has 0 amide bonds. The molecule has 0 saturated heterocycles. The summed E-state index contributed by atoms with van der Waals surface area (Å²) in [4.78, 5) is 0. The summed E-state index contributed by atoms with van der Waals surface area (Å²) >= 11 is 0. The molecule has 0 N–H and O–H groups in total. The number of hydrogen-bond acceptors (Lipinski definition) is 0. The second-order valence-corrected chi connectivity index (χ2v) is 7.52. The first-order chi connectivity index (χ1) is 13.8. The number of aromatic nitrogens is 1. The van der Waals surface area contributed by atoms with Gasteiger partial charge in [0.25, 0.3) is 0 Å². The third kappa shape index (κ3) is 2.07. The highest BCUT2D eigenvalue weighted by Gasteiger charge is 2.13. The Hall–Kier alpha value is -3.58. The van der Waals surface area contributed by atoms with Crippen molar-refractivity contribution in [3.8, 4) is 0 Å². The van der Waals surface area contributed by atoms with Gasteiger partial charge in [0, 0.05) is 18.9 Å². The van der Waals surface area contributed by atoms with Crippen LogP contribution in [0.15, 0.2) is 85.1 Å². The van der Waals surface area contributed by atoms with E-state index in [1.165, 1.54) is 54.3 Å². The normalized spacial score (nSPS) is 12.3. The second kappa shape index (κ2) is 5.71. The van der Waals surface area contributed by atoms with Crippen LogP contribution < -0.4 is 0 Å². The Labute approximate surface area is 163 Å². The number of rotatable bonds is 2. The molecule has 0 unspecified atom stereocenters. The Kier molecular flexibility index (Phi) is 3.15. The van der Waals surface area contributed by atoms with E-state index in [9.17, 15) is 0 Å². The maximum Gasteiger partial charge on any atom is 0.0404 e. The SMILES string of the molecule is Cn1cccc1/C=C/c1ccc2c3cccc4cccc(c5cccc1c52)c43. The van der Waals surface area contributed by atoms with Gasteiger partial charge >= 0.3 is 0 Å². The summed E-state index contributed by atoms with van der Waals surface area (Å²) in [5.74, 6) is 0. The van der Waals surface area contributed by atoms with Crippen molar-refractivity contribution in [2.24, 2.45) is 7.05 Å². The minimum absolute atomic E-state index is 1.20. The highest BCUT2D eigenvalue weighted by molar-refractivity contribution is 6.33. The van der Waals surface area contributed by atoms with Gasteiger partial charge in [0.1, 0.15) is 0 Å². The van der Waals surface area contributed by atoms with E-state index in [0.29, 0.717) is 0 Å². The molecule has 1 heteroatoms. The van der Waals surface area contributed by atoms with E-state index in [1.54, 1.807) is 0 Å². The van der Waals surface area contributed by atoms with E-state index < -0.39 is 0 Å². The van der Waals surface area contributed by atoms with Gasteiger partial charge in [-0.25, -0.2) is 0 Å². The zero-order valence-corrected chi connectivity index (χ0v) is 15.7. The van der Waals surface area contributed by atoms with Crippen molar-refractivity contribution in [3.63, 3.8) is 0 Å². The van der Waals surface area contributed by atoms with Crippen LogP contribution in [0.2, 0.25) is 0 Å². The first-order valence-corrected chi connectivity index (χ1v) is 9.69. The Morgan fingerprint density at radius 3 is 1.93 bits per heavy atom. The lowest BCUT2D eigenvalue weighted by atomic mass is 9.88. The van der Waals surface area contributed by atoms with Crippen LogP contribution in [-0.4, -0.2) is 4.57 Å². The van der Waals surface area contributed by atoms with Crippen LogP contribution in [0.25, 0.3) is 55.2 Å². The van der Waals surface area contributed by atoms with Crippen LogP contribution in [0.5, 0.6) is 0 Å². The number of fused-ring (bicyclic) bond motifs is 2. The Morgan fingerprint density at radius 2 is 1.21 bits per heavy atom. The van der Waals surface area contributed by atoms with E-state index in [2.05, 4.69) is 109 Å². The van der Waals surface area contributed by atoms with Crippen LogP contribution in [-0.2, 0) is 7.05 Å². The lowest BCUT2D eigenvalue weighted by Gasteiger charge is -2.15. The second-order valence-electron chi connectivity index (χ2n) is 7.52. The van der Waals surface area contributed by atoms with Gasteiger partial charge in [-0.1, -0.05) is 72.8 Å². The van der Waals surface area contributed by atoms with Crippen molar-refractivity contribution in [2.75, 3.05) is 0 Å². The van der Waals surface area contributed by atoms with Gasteiger partial charge in [-0.2, -0.15) is 0 Å². The van der Waals surface area contributed by atoms with Gasteiger partial charge < -0.3 is 4.57 Å². The van der Waals surface area contributed by atoms with Crippen LogP contribution in [0.1, 0.15) is 11.3 Å². The summed E-state index contributed by atoms with van der Waals surface area (Å²) in [6.45, 7) is 0. The fraction of sp³-hybridized carbons (Fsp3) is 0.0370. The summed E-state index contributed by atoms with van der Waals surface area (Å²) in [6.07, 6.45) is 6.51. The lowest BCUT2D eigenvalue weighted by Crippen LogP contribution is -1.89. The van der Waals surface area contributed by atoms with Crippen LogP contribution in [0.4, 0.5) is 0 Å². The van der Waals surface area contributed by atoms with E-state index in [-0.39, 0.29) is 0 Å². The van der Waals surface area contributed by atoms with Gasteiger partial charge in [-0.3, -0.25) is 0 Å². The minimum Gasteiger partial charge on any atom is -0.351 e. The first-order valence-electron chi connectivity index (χ1n) is 9.69. The smallest absolute Gasteiger partial charge is 0.0404 e. The van der Waals surface area contributed by atoms with Crippen molar-refractivity contribution in [1.29, 1.82) is 0 Å². The van der Waals surface area contributed by atoms with E-state index in [1.807, 2.05) is 0 Å². The maximum atomic E-state index is 2.29. The predicted molar refractivity (Wildman–Crippen MR) is 122 cm³/mol. The third-order valence-corrected chi connectivity index (χ3v) is 5.98. The third-order valence-electron chi connectivity index (χ3n) is 5.98. The molecule has 1 heterocycles. The summed E-state index contributed by atoms with van der Waals surface area (Å²) in [5, 5.41) is 10.7. The molecule has 5 aromatic carbocycles. The molecule has 0 aliphatic rings. The van der Waals surface area contributed by atoms with Crippen molar-refractivity contribution < 1.29 is 0 Å². The molecule has 0 atom stereocenters. The summed E-state index contributed by atoms with van der Waals surface area (Å²) < 4.78 is 2.14. The molecule has 0 aliphatic heterocycles. The lowest BCUT2D eigenvalue weighted by molar-refractivity contribution is 0.915. The molecule has 132 valence electrons. The van der Waals surface area contributed by atoms with Gasteiger partial charge in [0.2, 0.25) is 0 Å². The Bertz CT molecular complexity index is 1460. The molecule has 0 saturated carbocycles. The highest BCUT2D eigenvalue weighted by Crippen LogP contribution is 2.41. The average Bonchev–Trinajstić information content (AvgIpc) is 3.15. The maximum absolute atomic E-state index is 2.29. The number of nitrogens with zero attached hydrogens (tertiary/aromatic N) is 1. The fourth-order valence-electron chi connectivity index (χ4n) is 4.64. The zero-order valence-electron chi connectivity index (χ0n) is 15.7. The molecule has 0 fully saturated rings. The predicted octanol–water partition coefficient (Wildman–Crippen LogP) is 7.25. The van der Waals surface area contributed by atoms with Gasteiger partial charge in [-0.05, 0) is 66.9 Å². The number of aryl methyl sites for hydroxylation is 1. The quantitative estimate of drug-likeness (QED) is 0.227. The van der Waals surface area contributed by atoms with Gasteiger partial charge in [-0.15, -0.1) is 0 Å². The summed E-state index contributed by atoms with van der Waals surface area (Å²) in [6, 6.07) is 28.8. The molecular weight excluding hydrogens is 338 g/mol. The number of hydrogen-bond donors (Lipinski definition) is 0. The summed E-state index contributed by atoms with van der Waals surface area (Å²) in [5.41, 5.74) is 2.46. The van der Waals surface area contributed by atoms with Gasteiger partial charge in [0.05, 0.1) is 0 Å². The topological polar surface area (TPSA) is 4.93 Å². The van der Waals surface area contributed by atoms with E-state index in [0.717, 1.165) is 0 Å². The fourth-order valence-corrected chi connectivity index (χ4v) is 4.64. The van der Waals surface area contributed by atoms with Crippen molar-refractivity contribution in [3.05, 3.63) is 96.3 Å². The average molecular weight is 357 g/mol. The van der Waals surface area contributed by atoms with Gasteiger partial charge in [0.15, 0.2) is 0 Å².